The van der Waals surface area contributed by atoms with Crippen LogP contribution in [-0.4, -0.2) is 18.0 Å². The van der Waals surface area contributed by atoms with Crippen molar-refractivity contribution < 1.29 is 13.9 Å². The van der Waals surface area contributed by atoms with Gasteiger partial charge in [0.15, 0.2) is 16.3 Å². The highest BCUT2D eigenvalue weighted by Crippen LogP contribution is 2.29. The van der Waals surface area contributed by atoms with Crippen LogP contribution < -0.4 is 15.5 Å². The van der Waals surface area contributed by atoms with Crippen molar-refractivity contribution in [1.82, 2.24) is 4.98 Å². The molecule has 0 saturated carbocycles. The number of thiazole rings is 1. The van der Waals surface area contributed by atoms with E-state index in [2.05, 4.69) is 10.3 Å². The molecule has 4 rings (SSSR count). The lowest BCUT2D eigenvalue weighted by Gasteiger charge is -2.04. The summed E-state index contributed by atoms with van der Waals surface area (Å²) in [5, 5.41) is 3.57. The normalized spacial score (nSPS) is 11.0. The first kappa shape index (κ1) is 16.3. The molecule has 2 aromatic heterocycles. The Morgan fingerprint density at radius 1 is 1.23 bits per heavy atom. The number of aryl methyl sites for hydroxylation is 1. The molecule has 0 spiro atoms. The minimum Gasteiger partial charge on any atom is -0.497 e. The average molecular weight is 366 g/mol. The number of amides is 1. The van der Waals surface area contributed by atoms with E-state index in [-0.39, 0.29) is 11.2 Å². The lowest BCUT2D eigenvalue weighted by atomic mass is 10.1. The fraction of sp³-hybridized carbons (Fsp3) is 0.105. The lowest BCUT2D eigenvalue weighted by molar-refractivity contribution is 0.0997. The summed E-state index contributed by atoms with van der Waals surface area (Å²) in [4.78, 5) is 29.1. The highest BCUT2D eigenvalue weighted by molar-refractivity contribution is 7.22. The van der Waals surface area contributed by atoms with E-state index in [1.807, 2.05) is 25.1 Å². The largest absolute Gasteiger partial charge is 0.497 e. The maximum Gasteiger partial charge on any atom is 0.293 e. The van der Waals surface area contributed by atoms with Crippen LogP contribution in [0.1, 0.15) is 16.1 Å². The van der Waals surface area contributed by atoms with Gasteiger partial charge in [0.2, 0.25) is 0 Å². The molecule has 130 valence electrons. The number of carbonyl (C=O) groups excluding carboxylic acids is 1. The van der Waals surface area contributed by atoms with Gasteiger partial charge in [-0.15, -0.1) is 0 Å². The summed E-state index contributed by atoms with van der Waals surface area (Å²) in [6.45, 7) is 1.83. The van der Waals surface area contributed by atoms with Gasteiger partial charge in [-0.05, 0) is 36.8 Å². The number of rotatable bonds is 3. The number of para-hydroxylation sites is 1. The highest BCUT2D eigenvalue weighted by atomic mass is 32.1. The number of ether oxygens (including phenoxy) is 1. The van der Waals surface area contributed by atoms with Gasteiger partial charge in [-0.1, -0.05) is 23.5 Å². The molecule has 0 aliphatic carbocycles. The van der Waals surface area contributed by atoms with Crippen LogP contribution in [0.3, 0.4) is 0 Å². The second-order valence-corrected chi connectivity index (χ2v) is 6.76. The third-order valence-electron chi connectivity index (χ3n) is 3.99. The van der Waals surface area contributed by atoms with E-state index in [0.717, 1.165) is 21.5 Å². The number of methoxy groups -OCH3 is 1. The topological polar surface area (TPSA) is 81.4 Å². The second-order valence-electron chi connectivity index (χ2n) is 5.73. The SMILES string of the molecule is COc1ccc2nc(NC(=O)c3cc(=O)c4cccc(C)c4o3)sc2c1. The van der Waals surface area contributed by atoms with Crippen molar-refractivity contribution in [2.75, 3.05) is 12.4 Å². The number of nitrogens with one attached hydrogen (secondary N) is 1. The van der Waals surface area contributed by atoms with Crippen LogP contribution in [0, 0.1) is 6.92 Å². The summed E-state index contributed by atoms with van der Waals surface area (Å²) in [6.07, 6.45) is 0. The number of nitrogens with zero attached hydrogens (tertiary/aromatic N) is 1. The van der Waals surface area contributed by atoms with Gasteiger partial charge in [0, 0.05) is 6.07 Å². The second kappa shape index (κ2) is 6.27. The van der Waals surface area contributed by atoms with Crippen molar-refractivity contribution in [2.45, 2.75) is 6.92 Å². The molecule has 4 aromatic rings. The van der Waals surface area contributed by atoms with Crippen LogP contribution in [-0.2, 0) is 0 Å². The van der Waals surface area contributed by atoms with E-state index in [4.69, 9.17) is 9.15 Å². The number of fused-ring (bicyclic) bond motifs is 2. The molecule has 2 aromatic carbocycles. The number of benzene rings is 2. The summed E-state index contributed by atoms with van der Waals surface area (Å²) in [7, 11) is 1.59. The fourth-order valence-electron chi connectivity index (χ4n) is 2.67. The van der Waals surface area contributed by atoms with E-state index in [1.54, 1.807) is 25.3 Å². The maximum atomic E-state index is 12.5. The summed E-state index contributed by atoms with van der Waals surface area (Å²) in [5.41, 5.74) is 1.71. The van der Waals surface area contributed by atoms with Crippen LogP contribution in [0.25, 0.3) is 21.2 Å². The van der Waals surface area contributed by atoms with Crippen molar-refractivity contribution in [3.05, 3.63) is 64.0 Å². The Bertz CT molecular complexity index is 1210. The molecule has 0 unspecified atom stereocenters. The molecule has 0 aliphatic heterocycles. The van der Waals surface area contributed by atoms with Gasteiger partial charge in [0.1, 0.15) is 11.3 Å². The first-order chi connectivity index (χ1) is 12.5. The van der Waals surface area contributed by atoms with E-state index < -0.39 is 5.91 Å². The maximum absolute atomic E-state index is 12.5. The van der Waals surface area contributed by atoms with Crippen LogP contribution >= 0.6 is 11.3 Å². The number of aromatic nitrogens is 1. The molecule has 26 heavy (non-hydrogen) atoms. The van der Waals surface area contributed by atoms with Crippen LogP contribution in [0.15, 0.2) is 51.7 Å². The van der Waals surface area contributed by atoms with Gasteiger partial charge in [-0.25, -0.2) is 4.98 Å². The molecule has 0 saturated heterocycles. The average Bonchev–Trinajstić information content (AvgIpc) is 3.03. The Morgan fingerprint density at radius 2 is 2.08 bits per heavy atom. The van der Waals surface area contributed by atoms with Crippen molar-refractivity contribution in [2.24, 2.45) is 0 Å². The fourth-order valence-corrected chi connectivity index (χ4v) is 3.56. The Balaban J connectivity index is 1.69. The van der Waals surface area contributed by atoms with E-state index in [9.17, 15) is 9.59 Å². The van der Waals surface area contributed by atoms with Gasteiger partial charge in [0.05, 0.1) is 22.7 Å². The molecule has 0 bridgehead atoms. The zero-order valence-corrected chi connectivity index (χ0v) is 14.8. The Labute approximate surface area is 152 Å². The molecule has 0 radical (unpaired) electrons. The monoisotopic (exact) mass is 366 g/mol. The summed E-state index contributed by atoms with van der Waals surface area (Å²) < 4.78 is 11.7. The van der Waals surface area contributed by atoms with Crippen molar-refractivity contribution >= 4 is 43.6 Å². The van der Waals surface area contributed by atoms with E-state index in [1.165, 1.54) is 17.4 Å². The zero-order chi connectivity index (χ0) is 18.3. The minimum atomic E-state index is -0.515. The Kier molecular flexibility index (Phi) is 3.93. The molecule has 0 atom stereocenters. The smallest absolute Gasteiger partial charge is 0.293 e. The molecule has 2 heterocycles. The molecular weight excluding hydrogens is 352 g/mol. The molecule has 1 amide bonds. The number of anilines is 1. The molecule has 0 fully saturated rings. The molecule has 7 heteroatoms. The standard InChI is InChI=1S/C19H14N2O4S/c1-10-4-3-5-12-14(22)9-15(25-17(10)12)18(23)21-19-20-13-7-6-11(24-2)8-16(13)26-19/h3-9H,1-2H3,(H,20,21,23). The van der Waals surface area contributed by atoms with Crippen LogP contribution in [0.2, 0.25) is 0 Å². The first-order valence-electron chi connectivity index (χ1n) is 7.84. The number of carbonyl (C=O) groups is 1. The predicted molar refractivity (Wildman–Crippen MR) is 101 cm³/mol. The van der Waals surface area contributed by atoms with Gasteiger partial charge in [-0.2, -0.15) is 0 Å². The minimum absolute atomic E-state index is 0.0476. The third kappa shape index (κ3) is 2.82. The van der Waals surface area contributed by atoms with Gasteiger partial charge >= 0.3 is 0 Å². The quantitative estimate of drug-likeness (QED) is 0.593. The Hall–Kier alpha value is -3.19. The summed E-state index contributed by atoms with van der Waals surface area (Å²) in [6, 6.07) is 12.0. The van der Waals surface area contributed by atoms with Gasteiger partial charge < -0.3 is 9.15 Å². The lowest BCUT2D eigenvalue weighted by Crippen LogP contribution is -2.15. The summed E-state index contributed by atoms with van der Waals surface area (Å²) in [5.74, 6) is 0.155. The predicted octanol–water partition coefficient (Wildman–Crippen LogP) is 3.97. The molecular formula is C19H14N2O4S. The zero-order valence-electron chi connectivity index (χ0n) is 14.0. The first-order valence-corrected chi connectivity index (χ1v) is 8.66. The van der Waals surface area contributed by atoms with Crippen molar-refractivity contribution in [1.29, 1.82) is 0 Å². The molecule has 0 aliphatic rings. The Morgan fingerprint density at radius 3 is 2.88 bits per heavy atom. The van der Waals surface area contributed by atoms with Crippen molar-refractivity contribution in [3.63, 3.8) is 0 Å². The van der Waals surface area contributed by atoms with E-state index in [0.29, 0.717) is 16.1 Å². The van der Waals surface area contributed by atoms with Crippen molar-refractivity contribution in [3.8, 4) is 5.75 Å². The van der Waals surface area contributed by atoms with Crippen LogP contribution in [0.4, 0.5) is 5.13 Å². The molecule has 1 N–H and O–H groups in total. The molecule has 6 nitrogen and oxygen atoms in total. The number of hydrogen-bond acceptors (Lipinski definition) is 6. The number of hydrogen-bond donors (Lipinski definition) is 1. The summed E-state index contributed by atoms with van der Waals surface area (Å²) >= 11 is 1.32. The van der Waals surface area contributed by atoms with E-state index >= 15 is 0 Å². The van der Waals surface area contributed by atoms with Gasteiger partial charge in [-0.3, -0.25) is 14.9 Å². The van der Waals surface area contributed by atoms with Crippen LogP contribution in [0.5, 0.6) is 5.75 Å². The third-order valence-corrected chi connectivity index (χ3v) is 4.93. The van der Waals surface area contributed by atoms with Gasteiger partial charge in [0.25, 0.3) is 5.91 Å². The highest BCUT2D eigenvalue weighted by Gasteiger charge is 2.15.